The maximum atomic E-state index is 15.9. The van der Waals surface area contributed by atoms with Crippen LogP contribution >= 0.6 is 0 Å². The number of amides is 1. The second-order valence-corrected chi connectivity index (χ2v) is 12.8. The van der Waals surface area contributed by atoms with Crippen molar-refractivity contribution in [3.8, 4) is 11.6 Å². The summed E-state index contributed by atoms with van der Waals surface area (Å²) < 4.78 is 80.1. The second kappa shape index (κ2) is 15.6. The monoisotopic (exact) mass is 687 g/mol. The number of hydrogen-bond donors (Lipinski definition) is 0. The van der Waals surface area contributed by atoms with Gasteiger partial charge in [0.1, 0.15) is 5.56 Å². The first-order chi connectivity index (χ1) is 23.4. The van der Waals surface area contributed by atoms with E-state index in [1.807, 2.05) is 12.1 Å². The quantitative estimate of drug-likeness (QED) is 0.135. The van der Waals surface area contributed by atoms with Crippen molar-refractivity contribution in [2.24, 2.45) is 11.8 Å². The summed E-state index contributed by atoms with van der Waals surface area (Å²) in [6.45, 7) is 2.10. The Kier molecular flexibility index (Phi) is 11.5. The topological polar surface area (TPSA) is 100 Å². The van der Waals surface area contributed by atoms with Gasteiger partial charge < -0.3 is 23.8 Å². The lowest BCUT2D eigenvalue weighted by Gasteiger charge is -2.36. The molecule has 13 heteroatoms. The molecule has 0 atom stereocenters. The molecule has 0 saturated heterocycles. The summed E-state index contributed by atoms with van der Waals surface area (Å²) >= 11 is 0. The molecule has 0 N–H and O–H groups in total. The summed E-state index contributed by atoms with van der Waals surface area (Å²) in [6.07, 6.45) is 1.33. The Labute approximate surface area is 282 Å². The lowest BCUT2D eigenvalue weighted by Crippen LogP contribution is -2.49. The molecule has 0 radical (unpaired) electrons. The highest BCUT2D eigenvalue weighted by molar-refractivity contribution is 6.04. The van der Waals surface area contributed by atoms with Crippen LogP contribution in [0, 0.1) is 17.7 Å². The van der Waals surface area contributed by atoms with Gasteiger partial charge in [-0.15, -0.1) is 0 Å². The van der Waals surface area contributed by atoms with E-state index < -0.39 is 47.1 Å². The molecule has 264 valence electrons. The third-order valence-electron chi connectivity index (χ3n) is 9.03. The van der Waals surface area contributed by atoms with Crippen molar-refractivity contribution in [3.05, 3.63) is 76.5 Å². The molecule has 2 saturated carbocycles. The summed E-state index contributed by atoms with van der Waals surface area (Å²) in [5, 5.41) is 0. The van der Waals surface area contributed by atoms with E-state index in [1.165, 1.54) is 25.3 Å². The van der Waals surface area contributed by atoms with Crippen molar-refractivity contribution in [2.45, 2.75) is 70.0 Å². The Morgan fingerprint density at radius 2 is 1.67 bits per heavy atom. The average Bonchev–Trinajstić information content (AvgIpc) is 3.92. The van der Waals surface area contributed by atoms with Crippen LogP contribution < -0.4 is 9.64 Å². The van der Waals surface area contributed by atoms with E-state index in [2.05, 4.69) is 16.9 Å². The van der Waals surface area contributed by atoms with Crippen molar-refractivity contribution >= 4 is 17.6 Å². The molecule has 2 fully saturated rings. The number of nitrogens with zero attached hydrogens (tertiary/aromatic N) is 3. The highest BCUT2D eigenvalue weighted by atomic mass is 19.4. The summed E-state index contributed by atoms with van der Waals surface area (Å²) in [6, 6.07) is 7.42. The van der Waals surface area contributed by atoms with E-state index in [9.17, 15) is 22.8 Å². The number of aromatic nitrogens is 2. The van der Waals surface area contributed by atoms with Gasteiger partial charge in [-0.1, -0.05) is 13.0 Å². The van der Waals surface area contributed by atoms with Crippen LogP contribution in [0.25, 0.3) is 0 Å². The van der Waals surface area contributed by atoms with Gasteiger partial charge in [-0.3, -0.25) is 9.78 Å². The predicted octanol–water partition coefficient (Wildman–Crippen LogP) is 7.50. The first kappa shape index (κ1) is 36.2. The molecule has 2 aliphatic carbocycles. The predicted molar refractivity (Wildman–Crippen MR) is 172 cm³/mol. The van der Waals surface area contributed by atoms with Crippen LogP contribution in [0.5, 0.6) is 11.6 Å². The zero-order valence-electron chi connectivity index (χ0n) is 28.0. The number of methoxy groups -OCH3 is 3. The van der Waals surface area contributed by atoms with Crippen LogP contribution in [-0.2, 0) is 31.6 Å². The molecule has 49 heavy (non-hydrogen) atoms. The maximum Gasteiger partial charge on any atom is 0.421 e. The molecule has 2 aliphatic rings. The number of esters is 1. The van der Waals surface area contributed by atoms with Gasteiger partial charge in [0.05, 0.1) is 37.6 Å². The van der Waals surface area contributed by atoms with Gasteiger partial charge in [-0.25, -0.2) is 14.2 Å². The Morgan fingerprint density at radius 1 is 0.980 bits per heavy atom. The fourth-order valence-corrected chi connectivity index (χ4v) is 6.27. The maximum absolute atomic E-state index is 15.9. The largest absolute Gasteiger partial charge is 0.465 e. The van der Waals surface area contributed by atoms with E-state index in [0.717, 1.165) is 56.7 Å². The lowest BCUT2D eigenvalue weighted by molar-refractivity contribution is -0.139. The summed E-state index contributed by atoms with van der Waals surface area (Å²) in [5.41, 5.74) is 0.0838. The normalized spacial score (nSPS) is 18.0. The minimum absolute atomic E-state index is 0.00517. The summed E-state index contributed by atoms with van der Waals surface area (Å²) in [5.74, 6) is -3.61. The minimum atomic E-state index is -4.91. The molecule has 0 spiro atoms. The molecule has 1 aromatic carbocycles. The number of anilines is 1. The smallest absolute Gasteiger partial charge is 0.421 e. The molecule has 1 amide bonds. The van der Waals surface area contributed by atoms with Gasteiger partial charge in [0.2, 0.25) is 11.8 Å². The molecule has 0 bridgehead atoms. The third-order valence-corrected chi connectivity index (χ3v) is 9.03. The first-order valence-electron chi connectivity index (χ1n) is 16.4. The summed E-state index contributed by atoms with van der Waals surface area (Å²) in [7, 11) is 3.97. The molecular weight excluding hydrogens is 646 g/mol. The van der Waals surface area contributed by atoms with Crippen LogP contribution in [-0.4, -0.2) is 62.4 Å². The fourth-order valence-electron chi connectivity index (χ4n) is 6.27. The molecule has 3 aromatic rings. The van der Waals surface area contributed by atoms with E-state index in [-0.39, 0.29) is 42.4 Å². The highest BCUT2D eigenvalue weighted by Gasteiger charge is 2.38. The Balaban J connectivity index is 1.52. The zero-order chi connectivity index (χ0) is 35.3. The number of pyridine rings is 2. The zero-order valence-corrected chi connectivity index (χ0v) is 28.0. The molecule has 5 rings (SSSR count). The first-order valence-corrected chi connectivity index (χ1v) is 16.4. The number of hydrogen-bond acceptors (Lipinski definition) is 8. The van der Waals surface area contributed by atoms with Crippen LogP contribution in [0.4, 0.5) is 23.2 Å². The highest BCUT2D eigenvalue weighted by Crippen LogP contribution is 2.41. The second-order valence-electron chi connectivity index (χ2n) is 12.8. The van der Waals surface area contributed by atoms with Gasteiger partial charge in [-0.2, -0.15) is 13.2 Å². The lowest BCUT2D eigenvalue weighted by atomic mass is 9.82. The van der Waals surface area contributed by atoms with Crippen LogP contribution in [0.1, 0.15) is 84.2 Å². The third kappa shape index (κ3) is 8.74. The number of benzene rings is 1. The standard InChI is InChI=1S/C36H41F4N3O6/c1-21-8-10-24(11-9-21)34(44)43(26(19-46-2)20-47-3)31-17-29(37)32(16-27(31)35(45)48-4)49-33-28(36(38,39)40)15-22(18-41-33)14-25-6-5-7-30(42-25)23-12-13-23/h5-7,15-18,21,23-24,26H,8-14,19-20H2,1-4H3/t21-,24-. The van der Waals surface area contributed by atoms with Gasteiger partial charge in [-0.05, 0) is 68.2 Å². The van der Waals surface area contributed by atoms with Crippen LogP contribution in [0.2, 0.25) is 0 Å². The van der Waals surface area contributed by atoms with E-state index in [4.69, 9.17) is 18.9 Å². The van der Waals surface area contributed by atoms with Gasteiger partial charge in [0, 0.05) is 62.2 Å². The number of halogens is 4. The van der Waals surface area contributed by atoms with E-state index in [0.29, 0.717) is 30.4 Å². The number of rotatable bonds is 13. The molecule has 2 aromatic heterocycles. The van der Waals surface area contributed by atoms with Crippen molar-refractivity contribution in [1.29, 1.82) is 0 Å². The molecule has 9 nitrogen and oxygen atoms in total. The van der Waals surface area contributed by atoms with Gasteiger partial charge in [0.25, 0.3) is 0 Å². The SMILES string of the molecule is COCC(COC)N(c1cc(F)c(Oc2ncc(Cc3cccc(C4CC4)n3)cc2C(F)(F)F)cc1C(=O)OC)C(=O)[C@H]1CC[C@H](C)CC1. The van der Waals surface area contributed by atoms with Crippen LogP contribution in [0.15, 0.2) is 42.6 Å². The van der Waals surface area contributed by atoms with E-state index >= 15 is 4.39 Å². The van der Waals surface area contributed by atoms with E-state index in [1.54, 1.807) is 6.07 Å². The number of carbonyl (C=O) groups excluding carboxylic acids is 2. The fraction of sp³-hybridized carbons (Fsp3) is 0.500. The molecule has 0 unspecified atom stereocenters. The Morgan fingerprint density at radius 3 is 2.29 bits per heavy atom. The number of alkyl halides is 3. The van der Waals surface area contributed by atoms with Crippen molar-refractivity contribution in [1.82, 2.24) is 9.97 Å². The number of carbonyl (C=O) groups is 2. The Bertz CT molecular complexity index is 1630. The average molecular weight is 688 g/mol. The van der Waals surface area contributed by atoms with Gasteiger partial charge >= 0.3 is 12.1 Å². The minimum Gasteiger partial charge on any atom is -0.465 e. The molecule has 2 heterocycles. The summed E-state index contributed by atoms with van der Waals surface area (Å²) in [4.78, 5) is 37.0. The molecule has 0 aliphatic heterocycles. The Hall–Kier alpha value is -4.10. The van der Waals surface area contributed by atoms with Gasteiger partial charge in [0.15, 0.2) is 11.6 Å². The van der Waals surface area contributed by atoms with Crippen molar-refractivity contribution < 1.29 is 46.1 Å². The van der Waals surface area contributed by atoms with Crippen molar-refractivity contribution in [3.63, 3.8) is 0 Å². The molecular formula is C36H41F4N3O6. The number of ether oxygens (including phenoxy) is 4. The van der Waals surface area contributed by atoms with Crippen LogP contribution in [0.3, 0.4) is 0 Å². The van der Waals surface area contributed by atoms with Crippen molar-refractivity contribution in [2.75, 3.05) is 39.4 Å².